The van der Waals surface area contributed by atoms with Gasteiger partial charge in [0.1, 0.15) is 0 Å². The van der Waals surface area contributed by atoms with Gasteiger partial charge in [-0.1, -0.05) is 23.7 Å². The molecule has 0 amide bonds. The molecular weight excluding hydrogens is 322 g/mol. The van der Waals surface area contributed by atoms with Crippen LogP contribution in [0.2, 0.25) is 5.02 Å². The summed E-state index contributed by atoms with van der Waals surface area (Å²) in [5.41, 5.74) is 3.09. The second-order valence-electron chi connectivity index (χ2n) is 4.25. The molecule has 2 heterocycles. The number of benzene rings is 1. The van der Waals surface area contributed by atoms with Crippen molar-refractivity contribution in [3.05, 3.63) is 61.9 Å². The van der Waals surface area contributed by atoms with Gasteiger partial charge >= 0.3 is 0 Å². The fourth-order valence-electron chi connectivity index (χ4n) is 1.88. The quantitative estimate of drug-likeness (QED) is 0.638. The van der Waals surface area contributed by atoms with Crippen molar-refractivity contribution in [1.82, 2.24) is 4.68 Å². The number of thiazole rings is 1. The molecule has 0 unspecified atom stereocenters. The summed E-state index contributed by atoms with van der Waals surface area (Å²) in [5.74, 6) is 0. The number of aromatic nitrogens is 1. The SMILES string of the molecule is CN=c1scc(-c2cccc(Cl)c2)n1N=Cc1ccsc1. The van der Waals surface area contributed by atoms with Gasteiger partial charge in [-0.05, 0) is 29.0 Å². The molecule has 0 saturated heterocycles. The summed E-state index contributed by atoms with van der Waals surface area (Å²) in [5, 5.41) is 11.4. The van der Waals surface area contributed by atoms with Crippen LogP contribution in [0.5, 0.6) is 0 Å². The lowest BCUT2D eigenvalue weighted by Crippen LogP contribution is -2.11. The average molecular weight is 334 g/mol. The Labute approximate surface area is 135 Å². The molecule has 21 heavy (non-hydrogen) atoms. The number of thiophene rings is 1. The Morgan fingerprint density at radius 2 is 2.14 bits per heavy atom. The highest BCUT2D eigenvalue weighted by atomic mass is 35.5. The Morgan fingerprint density at radius 1 is 1.24 bits per heavy atom. The van der Waals surface area contributed by atoms with Crippen LogP contribution < -0.4 is 4.80 Å². The van der Waals surface area contributed by atoms with Gasteiger partial charge in [-0.2, -0.15) is 16.4 Å². The molecule has 0 aliphatic rings. The van der Waals surface area contributed by atoms with Crippen LogP contribution in [-0.2, 0) is 0 Å². The van der Waals surface area contributed by atoms with Crippen LogP contribution in [0.3, 0.4) is 0 Å². The van der Waals surface area contributed by atoms with E-state index in [9.17, 15) is 0 Å². The first-order chi connectivity index (χ1) is 10.3. The van der Waals surface area contributed by atoms with Crippen molar-refractivity contribution in [1.29, 1.82) is 0 Å². The van der Waals surface area contributed by atoms with Crippen molar-refractivity contribution in [2.24, 2.45) is 10.1 Å². The molecule has 3 nitrogen and oxygen atoms in total. The fraction of sp³-hybridized carbons (Fsp3) is 0.0667. The zero-order valence-corrected chi connectivity index (χ0v) is 13.6. The average Bonchev–Trinajstić information content (AvgIpc) is 3.14. The Hall–Kier alpha value is -1.69. The molecule has 0 aliphatic heterocycles. The van der Waals surface area contributed by atoms with Crippen LogP contribution in [-0.4, -0.2) is 17.9 Å². The van der Waals surface area contributed by atoms with Gasteiger partial charge in [0.15, 0.2) is 0 Å². The zero-order chi connectivity index (χ0) is 14.7. The summed E-state index contributed by atoms with van der Waals surface area (Å²) < 4.78 is 1.84. The minimum atomic E-state index is 0.710. The van der Waals surface area contributed by atoms with Gasteiger partial charge < -0.3 is 0 Å². The highest BCUT2D eigenvalue weighted by molar-refractivity contribution is 7.08. The van der Waals surface area contributed by atoms with Crippen LogP contribution in [0.25, 0.3) is 11.3 Å². The van der Waals surface area contributed by atoms with Gasteiger partial charge in [0.2, 0.25) is 4.80 Å². The van der Waals surface area contributed by atoms with Crippen LogP contribution >= 0.6 is 34.3 Å². The monoisotopic (exact) mass is 333 g/mol. The molecule has 0 fully saturated rings. The minimum Gasteiger partial charge on any atom is -0.261 e. The summed E-state index contributed by atoms with van der Waals surface area (Å²) in [4.78, 5) is 5.12. The molecule has 3 aromatic rings. The molecule has 0 spiro atoms. The maximum absolute atomic E-state index is 6.08. The first-order valence-corrected chi connectivity index (χ1v) is 8.44. The topological polar surface area (TPSA) is 29.6 Å². The Bertz CT molecular complexity index is 829. The van der Waals surface area contributed by atoms with E-state index in [1.54, 1.807) is 29.7 Å². The molecule has 0 atom stereocenters. The van der Waals surface area contributed by atoms with Gasteiger partial charge in [-0.25, -0.2) is 4.68 Å². The van der Waals surface area contributed by atoms with E-state index in [0.717, 1.165) is 21.6 Å². The first kappa shape index (κ1) is 14.3. The second kappa shape index (κ2) is 6.39. The van der Waals surface area contributed by atoms with Crippen molar-refractivity contribution in [3.63, 3.8) is 0 Å². The lowest BCUT2D eigenvalue weighted by molar-refractivity contribution is 0.848. The van der Waals surface area contributed by atoms with Crippen LogP contribution in [0.1, 0.15) is 5.56 Å². The number of hydrogen-bond acceptors (Lipinski definition) is 4. The van der Waals surface area contributed by atoms with Crippen LogP contribution in [0.4, 0.5) is 0 Å². The van der Waals surface area contributed by atoms with Gasteiger partial charge in [0.25, 0.3) is 0 Å². The highest BCUT2D eigenvalue weighted by Gasteiger charge is 2.07. The lowest BCUT2D eigenvalue weighted by Gasteiger charge is -2.03. The molecule has 0 N–H and O–H groups in total. The Kier molecular flexibility index (Phi) is 4.34. The number of halogens is 1. The minimum absolute atomic E-state index is 0.710. The van der Waals surface area contributed by atoms with Crippen molar-refractivity contribution in [2.45, 2.75) is 0 Å². The van der Waals surface area contributed by atoms with E-state index in [1.165, 1.54) is 0 Å². The number of rotatable bonds is 3. The summed E-state index contributed by atoms with van der Waals surface area (Å²) in [6.45, 7) is 0. The predicted molar refractivity (Wildman–Crippen MR) is 91.6 cm³/mol. The summed E-state index contributed by atoms with van der Waals surface area (Å²) in [6, 6.07) is 9.78. The maximum atomic E-state index is 6.08. The molecule has 1 aromatic carbocycles. The molecule has 2 aromatic heterocycles. The van der Waals surface area contributed by atoms with E-state index in [2.05, 4.69) is 15.5 Å². The predicted octanol–water partition coefficient (Wildman–Crippen LogP) is 4.34. The second-order valence-corrected chi connectivity index (χ2v) is 6.30. The van der Waals surface area contributed by atoms with E-state index in [-0.39, 0.29) is 0 Å². The highest BCUT2D eigenvalue weighted by Crippen LogP contribution is 2.23. The third-order valence-electron chi connectivity index (χ3n) is 2.86. The van der Waals surface area contributed by atoms with Crippen LogP contribution in [0.15, 0.2) is 56.6 Å². The van der Waals surface area contributed by atoms with Crippen molar-refractivity contribution in [2.75, 3.05) is 7.05 Å². The summed E-state index contributed by atoms with van der Waals surface area (Å²) in [6.07, 6.45) is 1.84. The molecule has 3 rings (SSSR count). The van der Waals surface area contributed by atoms with E-state index < -0.39 is 0 Å². The van der Waals surface area contributed by atoms with Crippen LogP contribution in [0, 0.1) is 0 Å². The third-order valence-corrected chi connectivity index (χ3v) is 4.71. The molecule has 6 heteroatoms. The third kappa shape index (κ3) is 3.15. The molecule has 0 aliphatic carbocycles. The fourth-order valence-corrected chi connectivity index (χ4v) is 3.49. The standard InChI is InChI=1S/C15H12ClN3S2/c1-17-15-19(18-8-11-5-6-20-9-11)14(10-21-15)12-3-2-4-13(16)7-12/h2-10H,1H3. The van der Waals surface area contributed by atoms with Crippen molar-refractivity contribution >= 4 is 40.5 Å². The van der Waals surface area contributed by atoms with Gasteiger partial charge in [0.05, 0.1) is 11.9 Å². The number of nitrogens with zero attached hydrogens (tertiary/aromatic N) is 3. The van der Waals surface area contributed by atoms with E-state index in [0.29, 0.717) is 5.02 Å². The molecule has 106 valence electrons. The van der Waals surface area contributed by atoms with E-state index >= 15 is 0 Å². The van der Waals surface area contributed by atoms with E-state index in [4.69, 9.17) is 11.6 Å². The van der Waals surface area contributed by atoms with Crippen molar-refractivity contribution in [3.8, 4) is 11.3 Å². The van der Waals surface area contributed by atoms with Gasteiger partial charge in [-0.15, -0.1) is 11.3 Å². The maximum Gasteiger partial charge on any atom is 0.205 e. The van der Waals surface area contributed by atoms with Gasteiger partial charge in [-0.3, -0.25) is 4.99 Å². The zero-order valence-electron chi connectivity index (χ0n) is 11.2. The molecule has 0 saturated carbocycles. The van der Waals surface area contributed by atoms with E-state index in [1.807, 2.05) is 52.0 Å². The smallest absolute Gasteiger partial charge is 0.205 e. The summed E-state index contributed by atoms with van der Waals surface area (Å²) in [7, 11) is 1.77. The Balaban J connectivity index is 2.09. The first-order valence-electron chi connectivity index (χ1n) is 6.24. The largest absolute Gasteiger partial charge is 0.261 e. The molecule has 0 radical (unpaired) electrons. The molecule has 0 bridgehead atoms. The van der Waals surface area contributed by atoms with Gasteiger partial charge in [0, 0.05) is 28.6 Å². The molecular formula is C15H12ClN3S2. The lowest BCUT2D eigenvalue weighted by atomic mass is 10.2. The van der Waals surface area contributed by atoms with Crippen molar-refractivity contribution < 1.29 is 0 Å². The summed E-state index contributed by atoms with van der Waals surface area (Å²) >= 11 is 9.29. The number of hydrogen-bond donors (Lipinski definition) is 0. The normalized spacial score (nSPS) is 12.4. The Morgan fingerprint density at radius 3 is 2.86 bits per heavy atom.